The van der Waals surface area contributed by atoms with Crippen molar-refractivity contribution in [1.82, 2.24) is 10.6 Å². The second-order valence-corrected chi connectivity index (χ2v) is 5.73. The summed E-state index contributed by atoms with van der Waals surface area (Å²) in [6.45, 7) is 4.88. The normalized spacial score (nSPS) is 11.9. The summed E-state index contributed by atoms with van der Waals surface area (Å²) in [5.41, 5.74) is 0.554. The smallest absolute Gasteiger partial charge is 0.326 e. The second kappa shape index (κ2) is 8.26. The molecular formula is C16H21FN2O4. The topological polar surface area (TPSA) is 95.5 Å². The Bertz CT molecular complexity index is 602. The summed E-state index contributed by atoms with van der Waals surface area (Å²) in [4.78, 5) is 34.7. The number of carbonyl (C=O) groups excluding carboxylic acids is 2. The van der Waals surface area contributed by atoms with Gasteiger partial charge in [0, 0.05) is 5.56 Å². The molecule has 0 aromatic heterocycles. The quantitative estimate of drug-likeness (QED) is 0.708. The molecule has 0 spiro atoms. The maximum atomic E-state index is 13.1. The van der Waals surface area contributed by atoms with Gasteiger partial charge in [0.1, 0.15) is 11.9 Å². The zero-order chi connectivity index (χ0) is 17.6. The zero-order valence-corrected chi connectivity index (χ0v) is 13.4. The minimum absolute atomic E-state index is 0.105. The number of aryl methyl sites for hydroxylation is 1. The van der Waals surface area contributed by atoms with Crippen molar-refractivity contribution < 1.29 is 23.9 Å². The number of nitrogens with one attached hydrogen (secondary N) is 2. The van der Waals surface area contributed by atoms with Crippen molar-refractivity contribution in [2.24, 2.45) is 5.92 Å². The Labute approximate surface area is 134 Å². The maximum absolute atomic E-state index is 13.1. The number of halogens is 1. The van der Waals surface area contributed by atoms with Crippen molar-refractivity contribution in [3.05, 3.63) is 35.1 Å². The van der Waals surface area contributed by atoms with Crippen LogP contribution in [-0.2, 0) is 9.59 Å². The Morgan fingerprint density at radius 3 is 2.43 bits per heavy atom. The highest BCUT2D eigenvalue weighted by molar-refractivity contribution is 5.97. The van der Waals surface area contributed by atoms with Crippen LogP contribution in [0.1, 0.15) is 36.2 Å². The predicted octanol–water partition coefficient (Wildman–Crippen LogP) is 1.48. The third kappa shape index (κ3) is 6.06. The number of hydrogen-bond acceptors (Lipinski definition) is 3. The molecule has 7 heteroatoms. The molecule has 23 heavy (non-hydrogen) atoms. The summed E-state index contributed by atoms with van der Waals surface area (Å²) in [5.74, 6) is -2.55. The van der Waals surface area contributed by atoms with E-state index < -0.39 is 29.6 Å². The molecule has 0 fully saturated rings. The van der Waals surface area contributed by atoms with Gasteiger partial charge in [0.05, 0.1) is 6.54 Å². The van der Waals surface area contributed by atoms with E-state index in [2.05, 4.69) is 10.6 Å². The Kier molecular flexibility index (Phi) is 6.68. The van der Waals surface area contributed by atoms with Gasteiger partial charge < -0.3 is 15.7 Å². The van der Waals surface area contributed by atoms with Crippen molar-refractivity contribution in [3.63, 3.8) is 0 Å². The fourth-order valence-electron chi connectivity index (χ4n) is 1.99. The molecule has 0 saturated heterocycles. The summed E-state index contributed by atoms with van der Waals surface area (Å²) in [7, 11) is 0. The number of benzene rings is 1. The molecule has 0 aliphatic heterocycles. The molecule has 3 N–H and O–H groups in total. The molecule has 1 aromatic carbocycles. The van der Waals surface area contributed by atoms with Gasteiger partial charge in [-0.3, -0.25) is 9.59 Å². The molecule has 0 unspecified atom stereocenters. The molecule has 0 aliphatic carbocycles. The van der Waals surface area contributed by atoms with Crippen LogP contribution in [0.5, 0.6) is 0 Å². The maximum Gasteiger partial charge on any atom is 0.326 e. The average molecular weight is 324 g/mol. The fourth-order valence-corrected chi connectivity index (χ4v) is 1.99. The number of aliphatic carboxylic acids is 1. The molecule has 0 radical (unpaired) electrons. The Balaban J connectivity index is 2.56. The molecule has 126 valence electrons. The monoisotopic (exact) mass is 324 g/mol. The van der Waals surface area contributed by atoms with E-state index in [9.17, 15) is 18.8 Å². The van der Waals surface area contributed by atoms with E-state index in [1.54, 1.807) is 0 Å². The summed E-state index contributed by atoms with van der Waals surface area (Å²) >= 11 is 0. The van der Waals surface area contributed by atoms with Gasteiger partial charge >= 0.3 is 5.97 Å². The molecule has 6 nitrogen and oxygen atoms in total. The van der Waals surface area contributed by atoms with Crippen molar-refractivity contribution in [2.45, 2.75) is 33.2 Å². The zero-order valence-electron chi connectivity index (χ0n) is 13.4. The van der Waals surface area contributed by atoms with Gasteiger partial charge in [-0.15, -0.1) is 0 Å². The summed E-state index contributed by atoms with van der Waals surface area (Å²) < 4.78 is 13.1. The SMILES string of the molecule is Cc1cc(C(=O)NCC(=O)N[C@@H](CC(C)C)C(=O)O)ccc1F. The van der Waals surface area contributed by atoms with Gasteiger partial charge in [0.2, 0.25) is 5.91 Å². The number of hydrogen-bond donors (Lipinski definition) is 3. The highest BCUT2D eigenvalue weighted by atomic mass is 19.1. The van der Waals surface area contributed by atoms with Crippen molar-refractivity contribution in [1.29, 1.82) is 0 Å². The lowest BCUT2D eigenvalue weighted by atomic mass is 10.0. The van der Waals surface area contributed by atoms with E-state index in [0.29, 0.717) is 12.0 Å². The number of carbonyl (C=O) groups is 3. The molecule has 0 saturated carbocycles. The van der Waals surface area contributed by atoms with Gasteiger partial charge in [0.25, 0.3) is 5.91 Å². The predicted molar refractivity (Wildman–Crippen MR) is 82.5 cm³/mol. The minimum Gasteiger partial charge on any atom is -0.480 e. The Hall–Kier alpha value is -2.44. The number of carboxylic acids is 1. The Morgan fingerprint density at radius 1 is 1.26 bits per heavy atom. The van der Waals surface area contributed by atoms with Crippen LogP contribution in [-0.4, -0.2) is 35.5 Å². The van der Waals surface area contributed by atoms with Crippen LogP contribution >= 0.6 is 0 Å². The average Bonchev–Trinajstić information content (AvgIpc) is 2.46. The molecule has 0 heterocycles. The van der Waals surface area contributed by atoms with Crippen LogP contribution in [0.25, 0.3) is 0 Å². The highest BCUT2D eigenvalue weighted by Gasteiger charge is 2.21. The van der Waals surface area contributed by atoms with E-state index in [4.69, 9.17) is 5.11 Å². The molecule has 2 amide bonds. The second-order valence-electron chi connectivity index (χ2n) is 5.73. The number of rotatable bonds is 7. The molecule has 1 atom stereocenters. The van der Waals surface area contributed by atoms with Gasteiger partial charge in [-0.1, -0.05) is 13.8 Å². The standard InChI is InChI=1S/C16H21FN2O4/c1-9(2)6-13(16(22)23)19-14(20)8-18-15(21)11-4-5-12(17)10(3)7-11/h4-5,7,9,13H,6,8H2,1-3H3,(H,18,21)(H,19,20)(H,22,23)/t13-/m0/s1. The first-order valence-electron chi connectivity index (χ1n) is 7.27. The van der Waals surface area contributed by atoms with Gasteiger partial charge in [0.15, 0.2) is 0 Å². The molecule has 1 aromatic rings. The lowest BCUT2D eigenvalue weighted by Gasteiger charge is -2.16. The van der Waals surface area contributed by atoms with Gasteiger partial charge in [-0.05, 0) is 43.0 Å². The molecular weight excluding hydrogens is 303 g/mol. The lowest BCUT2D eigenvalue weighted by Crippen LogP contribution is -2.46. The van der Waals surface area contributed by atoms with Crippen LogP contribution in [0.3, 0.4) is 0 Å². The summed E-state index contributed by atoms with van der Waals surface area (Å²) in [6, 6.07) is 2.87. The largest absolute Gasteiger partial charge is 0.480 e. The highest BCUT2D eigenvalue weighted by Crippen LogP contribution is 2.09. The fraction of sp³-hybridized carbons (Fsp3) is 0.438. The summed E-state index contributed by atoms with van der Waals surface area (Å²) in [5, 5.41) is 13.8. The van der Waals surface area contributed by atoms with Crippen LogP contribution in [0.2, 0.25) is 0 Å². The third-order valence-electron chi connectivity index (χ3n) is 3.17. The minimum atomic E-state index is -1.12. The first-order valence-corrected chi connectivity index (χ1v) is 7.27. The van der Waals surface area contributed by atoms with Crippen LogP contribution in [0.15, 0.2) is 18.2 Å². The lowest BCUT2D eigenvalue weighted by molar-refractivity contribution is -0.142. The molecule has 0 bridgehead atoms. The van der Waals surface area contributed by atoms with Crippen LogP contribution in [0.4, 0.5) is 4.39 Å². The van der Waals surface area contributed by atoms with Crippen LogP contribution in [0, 0.1) is 18.7 Å². The van der Waals surface area contributed by atoms with E-state index in [-0.39, 0.29) is 18.0 Å². The third-order valence-corrected chi connectivity index (χ3v) is 3.17. The molecule has 0 aliphatic rings. The first kappa shape index (κ1) is 18.6. The van der Waals surface area contributed by atoms with Crippen molar-refractivity contribution in [3.8, 4) is 0 Å². The molecule has 1 rings (SSSR count). The van der Waals surface area contributed by atoms with Gasteiger partial charge in [-0.2, -0.15) is 0 Å². The van der Waals surface area contributed by atoms with E-state index in [1.807, 2.05) is 13.8 Å². The van der Waals surface area contributed by atoms with E-state index >= 15 is 0 Å². The van der Waals surface area contributed by atoms with Gasteiger partial charge in [-0.25, -0.2) is 9.18 Å². The Morgan fingerprint density at radius 2 is 1.91 bits per heavy atom. The van der Waals surface area contributed by atoms with E-state index in [1.165, 1.54) is 25.1 Å². The number of carboxylic acid groups (broad SMARTS) is 1. The summed E-state index contributed by atoms with van der Waals surface area (Å²) in [6.07, 6.45) is 0.298. The number of amides is 2. The van der Waals surface area contributed by atoms with Crippen molar-refractivity contribution >= 4 is 17.8 Å². The van der Waals surface area contributed by atoms with Crippen molar-refractivity contribution in [2.75, 3.05) is 6.54 Å². The first-order chi connectivity index (χ1) is 10.7. The van der Waals surface area contributed by atoms with E-state index in [0.717, 1.165) is 0 Å². The van der Waals surface area contributed by atoms with Crippen LogP contribution < -0.4 is 10.6 Å².